The summed E-state index contributed by atoms with van der Waals surface area (Å²) in [5, 5.41) is 0. The summed E-state index contributed by atoms with van der Waals surface area (Å²) in [6, 6.07) is 29.0. The first-order valence-corrected chi connectivity index (χ1v) is 20.8. The van der Waals surface area contributed by atoms with Gasteiger partial charge in [-0.15, -0.1) is 0 Å². The molecule has 1 heteroatoms. The summed E-state index contributed by atoms with van der Waals surface area (Å²) in [7, 11) is 0. The highest BCUT2D eigenvalue weighted by Crippen LogP contribution is 2.61. The first-order valence-electron chi connectivity index (χ1n) is 20.8. The van der Waals surface area contributed by atoms with Crippen LogP contribution >= 0.6 is 0 Å². The van der Waals surface area contributed by atoms with Crippen LogP contribution in [0.2, 0.25) is 0 Å². The molecule has 0 saturated carbocycles. The molecule has 1 atom stereocenters. The van der Waals surface area contributed by atoms with Gasteiger partial charge in [-0.25, -0.2) is 0 Å². The highest BCUT2D eigenvalue weighted by Gasteiger charge is 2.46. The van der Waals surface area contributed by atoms with Crippen molar-refractivity contribution >= 4 is 22.6 Å². The van der Waals surface area contributed by atoms with Gasteiger partial charge in [0.15, 0.2) is 0 Å². The summed E-state index contributed by atoms with van der Waals surface area (Å²) in [5.41, 5.74) is 20.9. The molecule has 284 valence electrons. The Balaban J connectivity index is 1.31. The zero-order valence-corrected chi connectivity index (χ0v) is 36.0. The largest absolute Gasteiger partial charge is 0.309 e. The lowest BCUT2D eigenvalue weighted by Gasteiger charge is -2.50. The summed E-state index contributed by atoms with van der Waals surface area (Å²) in [5.74, 6) is 0.381. The Bertz CT molecular complexity index is 2330. The van der Waals surface area contributed by atoms with Crippen molar-refractivity contribution in [1.29, 1.82) is 0 Å². The Hall–Kier alpha value is -4.36. The van der Waals surface area contributed by atoms with Crippen molar-refractivity contribution < 1.29 is 0 Å². The molecule has 0 saturated heterocycles. The lowest BCUT2D eigenvalue weighted by atomic mass is 9.65. The normalized spacial score (nSPS) is 19.8. The van der Waals surface area contributed by atoms with Crippen LogP contribution in [0.25, 0.3) is 16.7 Å². The molecule has 2 aliphatic carbocycles. The van der Waals surface area contributed by atoms with Crippen molar-refractivity contribution in [3.05, 3.63) is 153 Å². The fourth-order valence-electron chi connectivity index (χ4n) is 9.65. The van der Waals surface area contributed by atoms with Crippen LogP contribution in [0.3, 0.4) is 0 Å². The minimum atomic E-state index is -0.202. The Morgan fingerprint density at radius 2 is 1.15 bits per heavy atom. The van der Waals surface area contributed by atoms with Crippen LogP contribution in [0.15, 0.2) is 114 Å². The third-order valence-corrected chi connectivity index (χ3v) is 13.5. The van der Waals surface area contributed by atoms with Crippen molar-refractivity contribution in [3.8, 4) is 11.1 Å². The van der Waals surface area contributed by atoms with E-state index in [-0.39, 0.29) is 27.1 Å². The first-order chi connectivity index (χ1) is 25.7. The second kappa shape index (κ2) is 12.6. The van der Waals surface area contributed by atoms with E-state index in [1.807, 2.05) is 0 Å². The van der Waals surface area contributed by atoms with Crippen molar-refractivity contribution in [2.24, 2.45) is 10.8 Å². The van der Waals surface area contributed by atoms with Crippen LogP contribution in [0.5, 0.6) is 0 Å². The molecular formula is C54H63N. The van der Waals surface area contributed by atoms with Gasteiger partial charge in [-0.05, 0) is 127 Å². The van der Waals surface area contributed by atoms with Crippen LogP contribution in [0, 0.1) is 10.8 Å². The number of nitrogens with zero attached hydrogens (tertiary/aromatic N) is 1. The quantitative estimate of drug-likeness (QED) is 0.203. The lowest BCUT2D eigenvalue weighted by Crippen LogP contribution is -2.38. The molecule has 4 aromatic rings. The predicted molar refractivity (Wildman–Crippen MR) is 238 cm³/mol. The molecule has 0 aromatic heterocycles. The second-order valence-electron chi connectivity index (χ2n) is 21.1. The SMILES string of the molecule is CC(C)(C)C1=CCC(c2ccc3c(c2)C(C)(C)c2cc(C4=CC=C(C(C)(C)C)CC4)cc4c2N3c2ccc(-c3ccc(C(C)(C)C)cc3)cc2C4(C)C)C=C1. The van der Waals surface area contributed by atoms with Crippen molar-refractivity contribution in [3.63, 3.8) is 0 Å². The van der Waals surface area contributed by atoms with Crippen molar-refractivity contribution in [2.45, 2.75) is 131 Å². The van der Waals surface area contributed by atoms with E-state index in [2.05, 4.69) is 198 Å². The van der Waals surface area contributed by atoms with Crippen LogP contribution in [0.1, 0.15) is 154 Å². The summed E-state index contributed by atoms with van der Waals surface area (Å²) in [4.78, 5) is 2.63. The van der Waals surface area contributed by atoms with E-state index in [0.29, 0.717) is 5.92 Å². The van der Waals surface area contributed by atoms with Gasteiger partial charge in [-0.1, -0.05) is 168 Å². The molecule has 1 unspecified atom stereocenters. The van der Waals surface area contributed by atoms with Gasteiger partial charge in [-0.3, -0.25) is 0 Å². The number of benzene rings is 4. The first kappa shape index (κ1) is 37.6. The maximum Gasteiger partial charge on any atom is 0.0544 e. The molecule has 0 spiro atoms. The smallest absolute Gasteiger partial charge is 0.0544 e. The minimum absolute atomic E-state index is 0.127. The highest BCUT2D eigenvalue weighted by atomic mass is 15.2. The average Bonchev–Trinajstić information content (AvgIpc) is 3.13. The Labute approximate surface area is 333 Å². The molecule has 1 nitrogen and oxygen atoms in total. The molecule has 2 aliphatic heterocycles. The summed E-state index contributed by atoms with van der Waals surface area (Å²) in [6.07, 6.45) is 15.4. The summed E-state index contributed by atoms with van der Waals surface area (Å²) in [6.45, 7) is 30.7. The average molecular weight is 726 g/mol. The van der Waals surface area contributed by atoms with Crippen LogP contribution in [-0.4, -0.2) is 0 Å². The Kier molecular flexibility index (Phi) is 8.59. The van der Waals surface area contributed by atoms with Crippen LogP contribution in [-0.2, 0) is 16.2 Å². The van der Waals surface area contributed by atoms with E-state index in [9.17, 15) is 0 Å². The molecule has 55 heavy (non-hydrogen) atoms. The zero-order chi connectivity index (χ0) is 39.5. The third-order valence-electron chi connectivity index (χ3n) is 13.5. The number of anilines is 3. The van der Waals surface area contributed by atoms with Gasteiger partial charge in [0.1, 0.15) is 0 Å². The molecule has 0 radical (unpaired) electrons. The molecule has 0 fully saturated rings. The van der Waals surface area contributed by atoms with Gasteiger partial charge < -0.3 is 4.90 Å². The van der Waals surface area contributed by atoms with E-state index >= 15 is 0 Å². The fraction of sp³-hybridized carbons (Fsp3) is 0.407. The highest BCUT2D eigenvalue weighted by molar-refractivity contribution is 5.95. The van der Waals surface area contributed by atoms with Crippen LogP contribution < -0.4 is 4.90 Å². The van der Waals surface area contributed by atoms with Gasteiger partial charge in [0.2, 0.25) is 0 Å². The number of hydrogen-bond donors (Lipinski definition) is 0. The number of fused-ring (bicyclic) bond motifs is 4. The Morgan fingerprint density at radius 3 is 1.67 bits per heavy atom. The standard InChI is InChI=1S/C54H63N/c1-50(2,3)40-22-14-34(15-23-40)37-20-28-47-43(30-37)53(10,11)45-32-39(36-18-26-42(27-19-36)52(7,8)9)33-46-49(45)55(47)48-29-21-38(31-44(48)54(46,12)13)35-16-24-41(25-17-35)51(4,5)6/h14-16,18,20-26,28-33,35H,17,19,27H2,1-13H3. The zero-order valence-electron chi connectivity index (χ0n) is 36.0. The predicted octanol–water partition coefficient (Wildman–Crippen LogP) is 15.6. The van der Waals surface area contributed by atoms with E-state index in [1.54, 1.807) is 5.57 Å². The molecule has 0 bridgehead atoms. The third kappa shape index (κ3) is 6.31. The van der Waals surface area contributed by atoms with E-state index < -0.39 is 0 Å². The number of allylic oxidation sites excluding steroid dienone is 8. The van der Waals surface area contributed by atoms with Gasteiger partial charge >= 0.3 is 0 Å². The Morgan fingerprint density at radius 1 is 0.564 bits per heavy atom. The molecule has 4 aromatic carbocycles. The van der Waals surface area contributed by atoms with Crippen molar-refractivity contribution in [1.82, 2.24) is 0 Å². The topological polar surface area (TPSA) is 3.24 Å². The van der Waals surface area contributed by atoms with Gasteiger partial charge in [0.25, 0.3) is 0 Å². The summed E-state index contributed by atoms with van der Waals surface area (Å²) >= 11 is 0. The molecule has 4 aliphatic rings. The fourth-order valence-corrected chi connectivity index (χ4v) is 9.65. The van der Waals surface area contributed by atoms with E-state index in [4.69, 9.17) is 0 Å². The molecule has 8 rings (SSSR count). The molecule has 2 heterocycles. The van der Waals surface area contributed by atoms with Crippen molar-refractivity contribution in [2.75, 3.05) is 4.90 Å². The van der Waals surface area contributed by atoms with E-state index in [0.717, 1.165) is 19.3 Å². The van der Waals surface area contributed by atoms with Gasteiger partial charge in [0.05, 0.1) is 17.1 Å². The van der Waals surface area contributed by atoms with Gasteiger partial charge in [-0.2, -0.15) is 0 Å². The maximum atomic E-state index is 2.63. The lowest BCUT2D eigenvalue weighted by molar-refractivity contribution is 0.482. The molecular weight excluding hydrogens is 663 g/mol. The number of hydrogen-bond acceptors (Lipinski definition) is 1. The molecule has 0 amide bonds. The maximum absolute atomic E-state index is 2.63. The minimum Gasteiger partial charge on any atom is -0.309 e. The van der Waals surface area contributed by atoms with Crippen LogP contribution in [0.4, 0.5) is 17.1 Å². The molecule has 0 N–H and O–H groups in total. The van der Waals surface area contributed by atoms with Gasteiger partial charge in [0, 0.05) is 16.7 Å². The second-order valence-corrected chi connectivity index (χ2v) is 21.1. The van der Waals surface area contributed by atoms with E-state index in [1.165, 1.54) is 78.3 Å². The monoisotopic (exact) mass is 725 g/mol. The number of rotatable bonds is 3. The summed E-state index contributed by atoms with van der Waals surface area (Å²) < 4.78 is 0.